The van der Waals surface area contributed by atoms with E-state index in [-0.39, 0.29) is 51.1 Å². The highest BCUT2D eigenvalue weighted by molar-refractivity contribution is 7.85. The predicted molar refractivity (Wildman–Crippen MR) is 129 cm³/mol. The van der Waals surface area contributed by atoms with Gasteiger partial charge < -0.3 is 15.8 Å². The van der Waals surface area contributed by atoms with Crippen molar-refractivity contribution < 1.29 is 18.5 Å². The number of rotatable bonds is 9. The summed E-state index contributed by atoms with van der Waals surface area (Å²) in [5, 5.41) is 3.89. The highest BCUT2D eigenvalue weighted by Crippen LogP contribution is 2.34. The van der Waals surface area contributed by atoms with Gasteiger partial charge in [-0.25, -0.2) is 4.98 Å². The molecule has 1 unspecified atom stereocenters. The van der Waals surface area contributed by atoms with Gasteiger partial charge in [-0.05, 0) is 37.3 Å². The molecule has 0 amide bonds. The molecule has 0 saturated carbocycles. The van der Waals surface area contributed by atoms with Crippen molar-refractivity contribution in [3.8, 4) is 0 Å². The van der Waals surface area contributed by atoms with Crippen molar-refractivity contribution in [3.05, 3.63) is 63.0 Å². The standard InChI is InChI=1S/C21H19Cl2N3O4S2/c1-2-30-16(27)9-10-32(29)13-6-3-5-12(11-13)25-21-26-20(24)19(31-21)18(28)17-14(22)7-4-8-15(17)23/h3-8,11H,2,9-10,24H2,1H3,(H,25,26). The lowest BCUT2D eigenvalue weighted by molar-refractivity contribution is -0.142. The molecule has 0 saturated heterocycles. The van der Waals surface area contributed by atoms with Gasteiger partial charge in [0.05, 0.1) is 39.4 Å². The third-order valence-corrected chi connectivity index (χ3v) is 7.16. The number of nitrogens with one attached hydrogen (secondary N) is 1. The topological polar surface area (TPSA) is 111 Å². The fourth-order valence-electron chi connectivity index (χ4n) is 2.74. The molecule has 3 aromatic rings. The summed E-state index contributed by atoms with van der Waals surface area (Å²) in [4.78, 5) is 29.4. The minimum absolute atomic E-state index is 0.0488. The fraction of sp³-hybridized carbons (Fsp3) is 0.190. The van der Waals surface area contributed by atoms with Crippen LogP contribution in [-0.2, 0) is 20.3 Å². The number of carbonyl (C=O) groups excluding carboxylic acids is 2. The number of hydrogen-bond acceptors (Lipinski definition) is 8. The maximum Gasteiger partial charge on any atom is 0.306 e. The highest BCUT2D eigenvalue weighted by atomic mass is 35.5. The first-order valence-electron chi connectivity index (χ1n) is 9.46. The van der Waals surface area contributed by atoms with Crippen molar-refractivity contribution in [1.82, 2.24) is 4.98 Å². The molecule has 0 aliphatic rings. The molecule has 3 N–H and O–H groups in total. The zero-order valence-electron chi connectivity index (χ0n) is 16.9. The Kier molecular flexibility index (Phi) is 8.25. The molecule has 1 atom stereocenters. The average molecular weight is 512 g/mol. The van der Waals surface area contributed by atoms with Gasteiger partial charge >= 0.3 is 5.97 Å². The molecule has 0 aliphatic heterocycles. The van der Waals surface area contributed by atoms with Crippen LogP contribution in [0.2, 0.25) is 10.0 Å². The molecule has 0 spiro atoms. The average Bonchev–Trinajstić information content (AvgIpc) is 3.12. The normalized spacial score (nSPS) is 11.7. The van der Waals surface area contributed by atoms with E-state index >= 15 is 0 Å². The molecule has 1 heterocycles. The Morgan fingerprint density at radius 1 is 1.19 bits per heavy atom. The molecular weight excluding hydrogens is 493 g/mol. The molecule has 168 valence electrons. The molecule has 1 aromatic heterocycles. The zero-order valence-corrected chi connectivity index (χ0v) is 20.0. The maximum absolute atomic E-state index is 12.9. The fourth-order valence-corrected chi connectivity index (χ4v) is 5.24. The lowest BCUT2D eigenvalue weighted by Gasteiger charge is -2.06. The molecule has 0 aliphatic carbocycles. The largest absolute Gasteiger partial charge is 0.466 e. The second kappa shape index (κ2) is 10.9. The Morgan fingerprint density at radius 3 is 2.56 bits per heavy atom. The van der Waals surface area contributed by atoms with E-state index in [1.165, 1.54) is 0 Å². The van der Waals surface area contributed by atoms with Crippen molar-refractivity contribution >= 4 is 73.7 Å². The Hall–Kier alpha value is -2.46. The first-order valence-corrected chi connectivity index (χ1v) is 12.4. The lowest BCUT2D eigenvalue weighted by atomic mass is 10.1. The van der Waals surface area contributed by atoms with Gasteiger partial charge in [0.25, 0.3) is 0 Å². The number of esters is 1. The van der Waals surface area contributed by atoms with Crippen molar-refractivity contribution in [1.29, 1.82) is 0 Å². The summed E-state index contributed by atoms with van der Waals surface area (Å²) in [5.41, 5.74) is 6.73. The van der Waals surface area contributed by atoms with Crippen LogP contribution in [0.25, 0.3) is 0 Å². The van der Waals surface area contributed by atoms with Crippen LogP contribution in [0.5, 0.6) is 0 Å². The van der Waals surface area contributed by atoms with E-state index in [0.717, 1.165) is 11.3 Å². The zero-order chi connectivity index (χ0) is 23.3. The van der Waals surface area contributed by atoms with E-state index in [9.17, 15) is 13.8 Å². The Morgan fingerprint density at radius 2 is 1.88 bits per heavy atom. The van der Waals surface area contributed by atoms with Gasteiger partial charge in [-0.3, -0.25) is 13.8 Å². The van der Waals surface area contributed by atoms with Crippen LogP contribution >= 0.6 is 34.5 Å². The van der Waals surface area contributed by atoms with Crippen molar-refractivity contribution in [3.63, 3.8) is 0 Å². The monoisotopic (exact) mass is 511 g/mol. The van der Waals surface area contributed by atoms with E-state index in [2.05, 4.69) is 10.3 Å². The van der Waals surface area contributed by atoms with E-state index in [4.69, 9.17) is 33.7 Å². The van der Waals surface area contributed by atoms with Gasteiger partial charge in [-0.15, -0.1) is 0 Å². The van der Waals surface area contributed by atoms with Crippen LogP contribution in [0.15, 0.2) is 47.4 Å². The predicted octanol–water partition coefficient (Wildman–Crippen LogP) is 5.07. The number of carbonyl (C=O) groups is 2. The van der Waals surface area contributed by atoms with E-state index in [1.54, 1.807) is 49.4 Å². The second-order valence-corrected chi connectivity index (χ2v) is 9.80. The number of aromatic nitrogens is 1. The van der Waals surface area contributed by atoms with E-state index in [0.29, 0.717) is 15.7 Å². The Bertz CT molecular complexity index is 1160. The number of hydrogen-bond donors (Lipinski definition) is 2. The van der Waals surface area contributed by atoms with Crippen LogP contribution < -0.4 is 11.1 Å². The van der Waals surface area contributed by atoms with E-state index < -0.39 is 16.6 Å². The number of nitrogens with zero attached hydrogens (tertiary/aromatic N) is 1. The summed E-state index contributed by atoms with van der Waals surface area (Å²) in [6.07, 6.45) is 0.0667. The molecule has 7 nitrogen and oxygen atoms in total. The molecule has 0 fully saturated rings. The number of thiazole rings is 1. The molecule has 32 heavy (non-hydrogen) atoms. The number of benzene rings is 2. The van der Waals surface area contributed by atoms with Gasteiger partial charge in [0, 0.05) is 16.3 Å². The summed E-state index contributed by atoms with van der Waals surface area (Å²) in [6, 6.07) is 11.7. The number of ketones is 1. The number of anilines is 3. The van der Waals surface area contributed by atoms with Crippen LogP contribution in [0.3, 0.4) is 0 Å². The number of nitrogen functional groups attached to an aromatic ring is 1. The molecular formula is C21H19Cl2N3O4S2. The molecule has 3 rings (SSSR count). The van der Waals surface area contributed by atoms with Crippen molar-refractivity contribution in [2.75, 3.05) is 23.4 Å². The van der Waals surface area contributed by atoms with Crippen molar-refractivity contribution in [2.24, 2.45) is 0 Å². The van der Waals surface area contributed by atoms with E-state index in [1.807, 2.05) is 0 Å². The van der Waals surface area contributed by atoms with Gasteiger partial charge in [0.15, 0.2) is 5.13 Å². The SMILES string of the molecule is CCOC(=O)CCS(=O)c1cccc(Nc2nc(N)c(C(=O)c3c(Cl)cccc3Cl)s2)c1. The van der Waals surface area contributed by atoms with Gasteiger partial charge in [0.2, 0.25) is 5.78 Å². The first-order chi connectivity index (χ1) is 15.3. The third-order valence-electron chi connectivity index (χ3n) is 4.19. The van der Waals surface area contributed by atoms with Crippen LogP contribution in [0.4, 0.5) is 16.6 Å². The minimum atomic E-state index is -1.38. The number of ether oxygens (including phenoxy) is 1. The summed E-state index contributed by atoms with van der Waals surface area (Å²) in [5.74, 6) is -0.599. The van der Waals surface area contributed by atoms with Crippen LogP contribution in [0, 0.1) is 0 Å². The van der Waals surface area contributed by atoms with Gasteiger partial charge in [0.1, 0.15) is 10.7 Å². The smallest absolute Gasteiger partial charge is 0.306 e. The number of nitrogens with two attached hydrogens (primary N) is 1. The van der Waals surface area contributed by atoms with Gasteiger partial charge in [-0.1, -0.05) is 46.7 Å². The second-order valence-electron chi connectivity index (χ2n) is 6.42. The summed E-state index contributed by atoms with van der Waals surface area (Å²) in [7, 11) is -1.38. The lowest BCUT2D eigenvalue weighted by Crippen LogP contribution is -2.09. The quantitative estimate of drug-likeness (QED) is 0.304. The van der Waals surface area contributed by atoms with Gasteiger partial charge in [-0.2, -0.15) is 0 Å². The molecule has 11 heteroatoms. The maximum atomic E-state index is 12.9. The Balaban J connectivity index is 1.75. The summed E-state index contributed by atoms with van der Waals surface area (Å²) >= 11 is 13.3. The van der Waals surface area contributed by atoms with Crippen molar-refractivity contribution in [2.45, 2.75) is 18.2 Å². The summed E-state index contributed by atoms with van der Waals surface area (Å²) in [6.45, 7) is 2.01. The van der Waals surface area contributed by atoms with Crippen LogP contribution in [-0.4, -0.2) is 33.3 Å². The number of halogens is 2. The van der Waals surface area contributed by atoms with Crippen LogP contribution in [0.1, 0.15) is 28.6 Å². The third kappa shape index (κ3) is 5.86. The molecule has 2 aromatic carbocycles. The molecule has 0 bridgehead atoms. The minimum Gasteiger partial charge on any atom is -0.466 e. The molecule has 0 radical (unpaired) electrons. The summed E-state index contributed by atoms with van der Waals surface area (Å²) < 4.78 is 17.4. The highest BCUT2D eigenvalue weighted by Gasteiger charge is 2.22. The Labute approximate surface area is 201 Å². The first kappa shape index (κ1) is 24.2.